The van der Waals surface area contributed by atoms with E-state index in [-0.39, 0.29) is 5.91 Å². The number of nitrogens with zero attached hydrogens (tertiary/aromatic N) is 2. The van der Waals surface area contributed by atoms with Crippen LogP contribution in [0.15, 0.2) is 18.2 Å². The topological polar surface area (TPSA) is 59.2 Å². The van der Waals surface area contributed by atoms with Crippen molar-refractivity contribution in [1.82, 2.24) is 9.88 Å². The minimum atomic E-state index is -0.00481. The molecule has 2 heterocycles. The number of hydrogen-bond acceptors (Lipinski definition) is 3. The van der Waals surface area contributed by atoms with E-state index in [0.29, 0.717) is 11.5 Å². The molecule has 1 aliphatic heterocycles. The van der Waals surface area contributed by atoms with E-state index >= 15 is 0 Å². The second-order valence-electron chi connectivity index (χ2n) is 3.45. The Morgan fingerprint density at radius 2 is 2.07 bits per heavy atom. The molecule has 2 rings (SSSR count). The van der Waals surface area contributed by atoms with Gasteiger partial charge in [-0.1, -0.05) is 6.07 Å². The number of likely N-dealkylation sites (tertiary alicyclic amines) is 1. The van der Waals surface area contributed by atoms with Crippen molar-refractivity contribution in [1.29, 1.82) is 0 Å². The third-order valence-corrected chi connectivity index (χ3v) is 2.38. The van der Waals surface area contributed by atoms with Gasteiger partial charge in [-0.2, -0.15) is 0 Å². The summed E-state index contributed by atoms with van der Waals surface area (Å²) in [6.45, 7) is 1.69. The fourth-order valence-electron chi connectivity index (χ4n) is 1.65. The van der Waals surface area contributed by atoms with Crippen LogP contribution in [0.3, 0.4) is 0 Å². The quantitative estimate of drug-likeness (QED) is 0.717. The molecule has 1 aromatic rings. The van der Waals surface area contributed by atoms with Crippen LogP contribution in [-0.2, 0) is 0 Å². The van der Waals surface area contributed by atoms with Gasteiger partial charge in [0.2, 0.25) is 0 Å². The lowest BCUT2D eigenvalue weighted by Crippen LogP contribution is -2.28. The van der Waals surface area contributed by atoms with E-state index in [9.17, 15) is 4.79 Å². The van der Waals surface area contributed by atoms with Gasteiger partial charge in [-0.3, -0.25) is 4.79 Å². The van der Waals surface area contributed by atoms with Gasteiger partial charge in [0, 0.05) is 13.1 Å². The molecule has 1 aliphatic rings. The SMILES string of the molecule is Nc1cccc(C(=O)N2CCCC2)n1. The first-order valence-corrected chi connectivity index (χ1v) is 4.79. The Kier molecular flexibility index (Phi) is 2.35. The Hall–Kier alpha value is -1.58. The van der Waals surface area contributed by atoms with Crippen molar-refractivity contribution in [2.45, 2.75) is 12.8 Å². The van der Waals surface area contributed by atoms with Crippen LogP contribution < -0.4 is 5.73 Å². The summed E-state index contributed by atoms with van der Waals surface area (Å²) >= 11 is 0. The lowest BCUT2D eigenvalue weighted by Gasteiger charge is -2.14. The summed E-state index contributed by atoms with van der Waals surface area (Å²) in [5.74, 6) is 0.393. The lowest BCUT2D eigenvalue weighted by atomic mass is 10.3. The molecule has 1 aromatic heterocycles. The molecule has 4 heteroatoms. The molecule has 0 atom stereocenters. The average molecular weight is 191 g/mol. The van der Waals surface area contributed by atoms with Gasteiger partial charge in [0.05, 0.1) is 0 Å². The predicted molar refractivity (Wildman–Crippen MR) is 53.8 cm³/mol. The van der Waals surface area contributed by atoms with E-state index in [1.807, 2.05) is 4.90 Å². The maximum Gasteiger partial charge on any atom is 0.272 e. The molecule has 1 amide bonds. The first kappa shape index (κ1) is 8.99. The minimum Gasteiger partial charge on any atom is -0.384 e. The number of nitrogens with two attached hydrogens (primary N) is 1. The van der Waals surface area contributed by atoms with Crippen molar-refractivity contribution < 1.29 is 4.79 Å². The van der Waals surface area contributed by atoms with Crippen LogP contribution in [-0.4, -0.2) is 28.9 Å². The second kappa shape index (κ2) is 3.65. The Balaban J connectivity index is 2.17. The number of nitrogen functional groups attached to an aromatic ring is 1. The third kappa shape index (κ3) is 1.69. The van der Waals surface area contributed by atoms with Crippen molar-refractivity contribution >= 4 is 11.7 Å². The minimum absolute atomic E-state index is 0.00481. The summed E-state index contributed by atoms with van der Waals surface area (Å²) in [6, 6.07) is 5.14. The maximum atomic E-state index is 11.8. The van der Waals surface area contributed by atoms with E-state index < -0.39 is 0 Å². The fraction of sp³-hybridized carbons (Fsp3) is 0.400. The highest BCUT2D eigenvalue weighted by Crippen LogP contribution is 2.12. The number of aromatic nitrogens is 1. The van der Waals surface area contributed by atoms with Gasteiger partial charge in [0.15, 0.2) is 0 Å². The van der Waals surface area contributed by atoms with Gasteiger partial charge in [-0.15, -0.1) is 0 Å². The fourth-order valence-corrected chi connectivity index (χ4v) is 1.65. The van der Waals surface area contributed by atoms with E-state index in [1.54, 1.807) is 18.2 Å². The number of rotatable bonds is 1. The number of amides is 1. The van der Waals surface area contributed by atoms with Crippen LogP contribution in [0.25, 0.3) is 0 Å². The van der Waals surface area contributed by atoms with Crippen LogP contribution in [0.4, 0.5) is 5.82 Å². The number of carbonyl (C=O) groups excluding carboxylic acids is 1. The van der Waals surface area contributed by atoms with Crippen LogP contribution in [0.5, 0.6) is 0 Å². The third-order valence-electron chi connectivity index (χ3n) is 2.38. The van der Waals surface area contributed by atoms with Gasteiger partial charge in [0.1, 0.15) is 11.5 Å². The molecule has 1 fully saturated rings. The van der Waals surface area contributed by atoms with E-state index in [4.69, 9.17) is 5.73 Å². The summed E-state index contributed by atoms with van der Waals surface area (Å²) < 4.78 is 0. The highest BCUT2D eigenvalue weighted by molar-refractivity contribution is 5.92. The number of pyridine rings is 1. The van der Waals surface area contributed by atoms with Crippen molar-refractivity contribution in [3.8, 4) is 0 Å². The molecule has 0 saturated carbocycles. The zero-order valence-corrected chi connectivity index (χ0v) is 7.94. The summed E-state index contributed by atoms with van der Waals surface area (Å²) in [5.41, 5.74) is 5.96. The zero-order valence-electron chi connectivity index (χ0n) is 7.94. The van der Waals surface area contributed by atoms with Crippen molar-refractivity contribution in [2.75, 3.05) is 18.8 Å². The van der Waals surface area contributed by atoms with E-state index in [1.165, 1.54) is 0 Å². The largest absolute Gasteiger partial charge is 0.384 e. The summed E-state index contributed by atoms with van der Waals surface area (Å²) in [7, 11) is 0. The molecule has 1 saturated heterocycles. The molecule has 0 aliphatic carbocycles. The number of anilines is 1. The van der Waals surface area contributed by atoms with Gasteiger partial charge >= 0.3 is 0 Å². The van der Waals surface area contributed by atoms with Crippen LogP contribution in [0, 0.1) is 0 Å². The first-order valence-electron chi connectivity index (χ1n) is 4.79. The maximum absolute atomic E-state index is 11.8. The average Bonchev–Trinajstić information content (AvgIpc) is 2.69. The molecule has 0 radical (unpaired) electrons. The van der Waals surface area contributed by atoms with Crippen molar-refractivity contribution in [2.24, 2.45) is 0 Å². The van der Waals surface area contributed by atoms with Crippen LogP contribution in [0.1, 0.15) is 23.3 Å². The molecule has 0 bridgehead atoms. The summed E-state index contributed by atoms with van der Waals surface area (Å²) in [4.78, 5) is 17.6. The zero-order chi connectivity index (χ0) is 9.97. The highest BCUT2D eigenvalue weighted by atomic mass is 16.2. The van der Waals surface area contributed by atoms with Gasteiger partial charge in [-0.25, -0.2) is 4.98 Å². The summed E-state index contributed by atoms with van der Waals surface area (Å²) in [5, 5.41) is 0. The smallest absolute Gasteiger partial charge is 0.272 e. The Bertz CT molecular complexity index is 345. The van der Waals surface area contributed by atoms with E-state index in [0.717, 1.165) is 25.9 Å². The van der Waals surface area contributed by atoms with Crippen LogP contribution >= 0.6 is 0 Å². The predicted octanol–water partition coefficient (Wildman–Crippen LogP) is 0.900. The molecular weight excluding hydrogens is 178 g/mol. The Morgan fingerprint density at radius 3 is 2.71 bits per heavy atom. The molecule has 14 heavy (non-hydrogen) atoms. The first-order chi connectivity index (χ1) is 6.77. The normalized spacial score (nSPS) is 15.9. The highest BCUT2D eigenvalue weighted by Gasteiger charge is 2.20. The number of carbonyl (C=O) groups is 1. The molecule has 74 valence electrons. The molecule has 0 unspecified atom stereocenters. The standard InChI is InChI=1S/C10H13N3O/c11-9-5-3-4-8(12-9)10(14)13-6-1-2-7-13/h3-5H,1-2,6-7H2,(H2,11,12). The van der Waals surface area contributed by atoms with Gasteiger partial charge < -0.3 is 10.6 Å². The molecule has 0 spiro atoms. The molecule has 0 aromatic carbocycles. The van der Waals surface area contributed by atoms with Gasteiger partial charge in [-0.05, 0) is 25.0 Å². The lowest BCUT2D eigenvalue weighted by molar-refractivity contribution is 0.0787. The van der Waals surface area contributed by atoms with Crippen LogP contribution in [0.2, 0.25) is 0 Å². The second-order valence-corrected chi connectivity index (χ2v) is 3.45. The van der Waals surface area contributed by atoms with E-state index in [2.05, 4.69) is 4.98 Å². The molecule has 4 nitrogen and oxygen atoms in total. The Labute approximate surface area is 82.7 Å². The number of hydrogen-bond donors (Lipinski definition) is 1. The summed E-state index contributed by atoms with van der Waals surface area (Å²) in [6.07, 6.45) is 2.18. The Morgan fingerprint density at radius 1 is 1.36 bits per heavy atom. The molecular formula is C10H13N3O. The molecule has 2 N–H and O–H groups in total. The monoisotopic (exact) mass is 191 g/mol. The van der Waals surface area contributed by atoms with Gasteiger partial charge in [0.25, 0.3) is 5.91 Å². The van der Waals surface area contributed by atoms with Crippen molar-refractivity contribution in [3.63, 3.8) is 0 Å². The van der Waals surface area contributed by atoms with Crippen molar-refractivity contribution in [3.05, 3.63) is 23.9 Å².